The third-order valence-corrected chi connectivity index (χ3v) is 4.55. The van der Waals surface area contributed by atoms with Gasteiger partial charge in [0, 0.05) is 17.3 Å². The highest BCUT2D eigenvalue weighted by Gasteiger charge is 2.09. The lowest BCUT2D eigenvalue weighted by Gasteiger charge is -2.09. The molecule has 0 aliphatic rings. The molecule has 1 aromatic heterocycles. The van der Waals surface area contributed by atoms with Gasteiger partial charge in [0.05, 0.1) is 10.2 Å². The molecule has 0 spiro atoms. The Hall–Kier alpha value is -2.99. The van der Waals surface area contributed by atoms with Crippen molar-refractivity contribution in [2.75, 3.05) is 5.32 Å². The van der Waals surface area contributed by atoms with Gasteiger partial charge in [0.1, 0.15) is 5.01 Å². The Kier molecular flexibility index (Phi) is 4.39. The Bertz CT molecular complexity index is 927. The lowest BCUT2D eigenvalue weighted by Crippen LogP contribution is -2.15. The van der Waals surface area contributed by atoms with Gasteiger partial charge >= 0.3 is 0 Å². The van der Waals surface area contributed by atoms with Crippen LogP contribution in [0.2, 0.25) is 0 Å². The van der Waals surface area contributed by atoms with Gasteiger partial charge in [0.15, 0.2) is 0 Å². The molecule has 0 atom stereocenters. The quantitative estimate of drug-likeness (QED) is 0.716. The number of nitrogens with two attached hydrogens (primary N) is 1. The smallest absolute Gasteiger partial charge is 0.249 e. The molecule has 0 aliphatic heterocycles. The van der Waals surface area contributed by atoms with Crippen LogP contribution in [0.25, 0.3) is 16.3 Å². The maximum Gasteiger partial charge on any atom is 0.249 e. The molecule has 120 valence electrons. The van der Waals surface area contributed by atoms with Crippen LogP contribution in [-0.4, -0.2) is 16.8 Å². The van der Waals surface area contributed by atoms with Crippen molar-refractivity contribution < 1.29 is 9.59 Å². The number of carbonyl (C=O) groups is 2. The van der Waals surface area contributed by atoms with Crippen LogP contribution in [0.3, 0.4) is 0 Å². The number of primary amides is 1. The van der Waals surface area contributed by atoms with Gasteiger partial charge in [-0.2, -0.15) is 0 Å². The number of para-hydroxylation sites is 1. The van der Waals surface area contributed by atoms with Crippen molar-refractivity contribution in [2.45, 2.75) is 6.92 Å². The van der Waals surface area contributed by atoms with Crippen molar-refractivity contribution in [1.82, 2.24) is 4.98 Å². The first kappa shape index (κ1) is 15.9. The van der Waals surface area contributed by atoms with E-state index in [-0.39, 0.29) is 5.91 Å². The Balaban J connectivity index is 1.76. The van der Waals surface area contributed by atoms with E-state index in [0.717, 1.165) is 15.2 Å². The molecule has 2 aromatic carbocycles. The van der Waals surface area contributed by atoms with E-state index in [1.807, 2.05) is 24.3 Å². The van der Waals surface area contributed by atoms with E-state index < -0.39 is 5.91 Å². The molecule has 3 aromatic rings. The van der Waals surface area contributed by atoms with Crippen LogP contribution < -0.4 is 11.1 Å². The Morgan fingerprint density at radius 3 is 2.71 bits per heavy atom. The first-order valence-corrected chi connectivity index (χ1v) is 8.10. The van der Waals surface area contributed by atoms with Crippen LogP contribution in [0.15, 0.2) is 48.5 Å². The minimum absolute atomic E-state index is 0.293. The lowest BCUT2D eigenvalue weighted by atomic mass is 10.1. The van der Waals surface area contributed by atoms with Gasteiger partial charge in [-0.15, -0.1) is 11.3 Å². The number of aromatic nitrogens is 1. The number of carbonyl (C=O) groups excluding carboxylic acids is 2. The summed E-state index contributed by atoms with van der Waals surface area (Å²) in [5.41, 5.74) is 7.82. The SMILES string of the molecule is Cc1c(NC(=O)/C=C/c2nc3ccccc3s2)cccc1C(N)=O. The fourth-order valence-electron chi connectivity index (χ4n) is 2.32. The fourth-order valence-corrected chi connectivity index (χ4v) is 3.19. The molecule has 0 fully saturated rings. The molecule has 3 N–H and O–H groups in total. The molecule has 6 heteroatoms. The molecule has 0 saturated carbocycles. The largest absolute Gasteiger partial charge is 0.366 e. The van der Waals surface area contributed by atoms with E-state index in [1.54, 1.807) is 31.2 Å². The van der Waals surface area contributed by atoms with Gasteiger partial charge in [-0.3, -0.25) is 9.59 Å². The Morgan fingerprint density at radius 1 is 1.17 bits per heavy atom. The van der Waals surface area contributed by atoms with E-state index in [9.17, 15) is 9.59 Å². The standard InChI is InChI=1S/C18H15N3O2S/c1-11-12(18(19)23)5-4-7-13(11)20-16(22)9-10-17-21-14-6-2-3-8-15(14)24-17/h2-10H,1H3,(H2,19,23)(H,20,22)/b10-9+. The van der Waals surface area contributed by atoms with Crippen LogP contribution >= 0.6 is 11.3 Å². The molecule has 5 nitrogen and oxygen atoms in total. The number of rotatable bonds is 4. The zero-order chi connectivity index (χ0) is 17.1. The van der Waals surface area contributed by atoms with Crippen molar-refractivity contribution in [3.63, 3.8) is 0 Å². The fraction of sp³-hybridized carbons (Fsp3) is 0.0556. The number of benzene rings is 2. The Morgan fingerprint density at radius 2 is 1.96 bits per heavy atom. The zero-order valence-corrected chi connectivity index (χ0v) is 13.8. The lowest BCUT2D eigenvalue weighted by molar-refractivity contribution is -0.111. The predicted octanol–water partition coefficient (Wildman–Crippen LogP) is 3.36. The van der Waals surface area contributed by atoms with Crippen molar-refractivity contribution in [1.29, 1.82) is 0 Å². The number of fused-ring (bicyclic) bond motifs is 1. The van der Waals surface area contributed by atoms with Gasteiger partial charge < -0.3 is 11.1 Å². The molecule has 2 amide bonds. The molecule has 0 unspecified atom stereocenters. The number of thiazole rings is 1. The molecule has 0 bridgehead atoms. The third-order valence-electron chi connectivity index (χ3n) is 3.54. The molecule has 0 radical (unpaired) electrons. The van der Waals surface area contributed by atoms with E-state index in [0.29, 0.717) is 16.8 Å². The molecule has 3 rings (SSSR count). The summed E-state index contributed by atoms with van der Waals surface area (Å²) in [6, 6.07) is 12.8. The molecule has 0 saturated heterocycles. The second kappa shape index (κ2) is 6.64. The summed E-state index contributed by atoms with van der Waals surface area (Å²) in [7, 11) is 0. The highest BCUT2D eigenvalue weighted by Crippen LogP contribution is 2.22. The van der Waals surface area contributed by atoms with E-state index in [1.165, 1.54) is 17.4 Å². The monoisotopic (exact) mass is 337 g/mol. The molecular formula is C18H15N3O2S. The van der Waals surface area contributed by atoms with Crippen LogP contribution in [-0.2, 0) is 4.79 Å². The number of amides is 2. The van der Waals surface area contributed by atoms with E-state index >= 15 is 0 Å². The summed E-state index contributed by atoms with van der Waals surface area (Å²) in [5.74, 6) is -0.812. The third kappa shape index (κ3) is 3.33. The maximum atomic E-state index is 12.1. The van der Waals surface area contributed by atoms with Crippen molar-refractivity contribution >= 4 is 45.1 Å². The first-order chi connectivity index (χ1) is 11.5. The minimum atomic E-state index is -0.520. The predicted molar refractivity (Wildman–Crippen MR) is 97.0 cm³/mol. The number of nitrogens with one attached hydrogen (secondary N) is 1. The van der Waals surface area contributed by atoms with Crippen LogP contribution in [0.5, 0.6) is 0 Å². The summed E-state index contributed by atoms with van der Waals surface area (Å²) >= 11 is 1.52. The van der Waals surface area contributed by atoms with Crippen molar-refractivity contribution in [3.8, 4) is 0 Å². The molecule has 24 heavy (non-hydrogen) atoms. The minimum Gasteiger partial charge on any atom is -0.366 e. The second-order valence-electron chi connectivity index (χ2n) is 5.18. The van der Waals surface area contributed by atoms with Gasteiger partial charge in [0.25, 0.3) is 0 Å². The number of hydrogen-bond acceptors (Lipinski definition) is 4. The summed E-state index contributed by atoms with van der Waals surface area (Å²) in [6.07, 6.45) is 3.10. The van der Waals surface area contributed by atoms with Gasteiger partial charge in [-0.05, 0) is 42.8 Å². The number of anilines is 1. The van der Waals surface area contributed by atoms with Gasteiger partial charge in [-0.25, -0.2) is 4.98 Å². The zero-order valence-electron chi connectivity index (χ0n) is 12.9. The number of nitrogens with zero attached hydrogens (tertiary/aromatic N) is 1. The highest BCUT2D eigenvalue weighted by atomic mass is 32.1. The number of hydrogen-bond donors (Lipinski definition) is 2. The summed E-state index contributed by atoms with van der Waals surface area (Å²) in [6.45, 7) is 1.74. The van der Waals surface area contributed by atoms with Gasteiger partial charge in [0.2, 0.25) is 11.8 Å². The highest BCUT2D eigenvalue weighted by molar-refractivity contribution is 7.19. The molecule has 1 heterocycles. The van der Waals surface area contributed by atoms with E-state index in [4.69, 9.17) is 5.73 Å². The average molecular weight is 337 g/mol. The van der Waals surface area contributed by atoms with Crippen molar-refractivity contribution in [2.24, 2.45) is 5.73 Å². The summed E-state index contributed by atoms with van der Waals surface area (Å²) in [5, 5.41) is 3.51. The summed E-state index contributed by atoms with van der Waals surface area (Å²) < 4.78 is 1.07. The summed E-state index contributed by atoms with van der Waals surface area (Å²) in [4.78, 5) is 27.9. The molecule has 0 aliphatic carbocycles. The Labute approximate surface area is 142 Å². The van der Waals surface area contributed by atoms with Crippen LogP contribution in [0.4, 0.5) is 5.69 Å². The van der Waals surface area contributed by atoms with Gasteiger partial charge in [-0.1, -0.05) is 18.2 Å². The van der Waals surface area contributed by atoms with Crippen LogP contribution in [0, 0.1) is 6.92 Å². The van der Waals surface area contributed by atoms with Crippen molar-refractivity contribution in [3.05, 3.63) is 64.7 Å². The molecular weight excluding hydrogens is 322 g/mol. The maximum absolute atomic E-state index is 12.1. The average Bonchev–Trinajstić information content (AvgIpc) is 2.97. The topological polar surface area (TPSA) is 85.1 Å². The second-order valence-corrected chi connectivity index (χ2v) is 6.25. The van der Waals surface area contributed by atoms with Crippen LogP contribution in [0.1, 0.15) is 20.9 Å². The first-order valence-electron chi connectivity index (χ1n) is 7.28. The van der Waals surface area contributed by atoms with E-state index in [2.05, 4.69) is 10.3 Å². The normalized spacial score (nSPS) is 11.0.